The molecule has 1 aliphatic rings. The van der Waals surface area contributed by atoms with Gasteiger partial charge in [-0.25, -0.2) is 13.4 Å². The molecular weight excluding hydrogens is 282 g/mol. The van der Waals surface area contributed by atoms with Crippen LogP contribution in [0, 0.1) is 0 Å². The van der Waals surface area contributed by atoms with Gasteiger partial charge in [-0.3, -0.25) is 5.10 Å². The van der Waals surface area contributed by atoms with Crippen LogP contribution in [0.1, 0.15) is 11.8 Å². The normalized spacial score (nSPS) is 21.1. The van der Waals surface area contributed by atoms with Crippen molar-refractivity contribution in [1.29, 1.82) is 0 Å². The Morgan fingerprint density at radius 1 is 1.50 bits per heavy atom. The summed E-state index contributed by atoms with van der Waals surface area (Å²) in [5.74, 6) is 0. The largest absolute Gasteiger partial charge is 0.369 e. The standard InChI is InChI=1S/C11H15N5O3S/c1-15-7-11(12-8-15)20(17,18)16-4-5-19-10(6-16)9-2-3-13-14-9/h2-3,7-8,10H,4-6H2,1H3,(H,13,14). The van der Waals surface area contributed by atoms with E-state index < -0.39 is 10.0 Å². The second-order valence-corrected chi connectivity index (χ2v) is 6.50. The maximum Gasteiger partial charge on any atom is 0.262 e. The lowest BCUT2D eigenvalue weighted by Gasteiger charge is -2.30. The molecule has 20 heavy (non-hydrogen) atoms. The lowest BCUT2D eigenvalue weighted by atomic mass is 10.2. The number of H-pyrrole nitrogens is 1. The number of nitrogens with zero attached hydrogens (tertiary/aromatic N) is 4. The molecule has 0 bridgehead atoms. The molecule has 9 heteroatoms. The van der Waals surface area contributed by atoms with Gasteiger partial charge in [-0.05, 0) is 6.07 Å². The number of rotatable bonds is 3. The summed E-state index contributed by atoms with van der Waals surface area (Å²) < 4.78 is 33.6. The molecule has 0 spiro atoms. The number of aromatic amines is 1. The summed E-state index contributed by atoms with van der Waals surface area (Å²) in [5, 5.41) is 6.72. The van der Waals surface area contributed by atoms with Crippen LogP contribution in [0.15, 0.2) is 29.8 Å². The highest BCUT2D eigenvalue weighted by atomic mass is 32.2. The zero-order chi connectivity index (χ0) is 14.2. The Morgan fingerprint density at radius 3 is 3.00 bits per heavy atom. The number of morpholine rings is 1. The number of hydrogen-bond acceptors (Lipinski definition) is 5. The minimum atomic E-state index is -3.58. The predicted octanol–water partition coefficient (Wildman–Crippen LogP) is -0.0946. The Morgan fingerprint density at radius 2 is 2.35 bits per heavy atom. The van der Waals surface area contributed by atoms with Crippen LogP contribution in [0.3, 0.4) is 0 Å². The molecule has 1 unspecified atom stereocenters. The van der Waals surface area contributed by atoms with Crippen LogP contribution < -0.4 is 0 Å². The molecule has 0 amide bonds. The Labute approximate surface area is 116 Å². The highest BCUT2D eigenvalue weighted by molar-refractivity contribution is 7.89. The van der Waals surface area contributed by atoms with Gasteiger partial charge in [-0.2, -0.15) is 9.40 Å². The summed E-state index contributed by atoms with van der Waals surface area (Å²) in [5.41, 5.74) is 0.769. The first-order valence-corrected chi connectivity index (χ1v) is 7.60. The van der Waals surface area contributed by atoms with Gasteiger partial charge in [0.1, 0.15) is 6.10 Å². The van der Waals surface area contributed by atoms with Gasteiger partial charge in [0.25, 0.3) is 10.0 Å². The molecule has 2 aromatic heterocycles. The molecule has 2 aromatic rings. The Kier molecular flexibility index (Phi) is 3.32. The first-order chi connectivity index (χ1) is 9.57. The smallest absolute Gasteiger partial charge is 0.262 e. The summed E-state index contributed by atoms with van der Waals surface area (Å²) in [6, 6.07) is 1.78. The van der Waals surface area contributed by atoms with E-state index >= 15 is 0 Å². The molecular formula is C11H15N5O3S. The number of imidazole rings is 1. The van der Waals surface area contributed by atoms with Crippen LogP contribution in [0.25, 0.3) is 0 Å². The number of hydrogen-bond donors (Lipinski definition) is 1. The fourth-order valence-electron chi connectivity index (χ4n) is 2.13. The summed E-state index contributed by atoms with van der Waals surface area (Å²) in [4.78, 5) is 3.92. The van der Waals surface area contributed by atoms with Gasteiger partial charge in [0.05, 0.1) is 18.6 Å². The van der Waals surface area contributed by atoms with Crippen molar-refractivity contribution in [3.8, 4) is 0 Å². The maximum atomic E-state index is 12.5. The third-order valence-corrected chi connectivity index (χ3v) is 4.93. The van der Waals surface area contributed by atoms with Crippen LogP contribution in [0.5, 0.6) is 0 Å². The predicted molar refractivity (Wildman–Crippen MR) is 69.2 cm³/mol. The van der Waals surface area contributed by atoms with Crippen LogP contribution in [0.4, 0.5) is 0 Å². The van der Waals surface area contributed by atoms with Crippen LogP contribution in [-0.2, 0) is 21.8 Å². The van der Waals surface area contributed by atoms with Gasteiger partial charge in [-0.15, -0.1) is 0 Å². The number of aryl methyl sites for hydroxylation is 1. The molecule has 108 valence electrons. The molecule has 1 saturated heterocycles. The third kappa shape index (κ3) is 2.35. The lowest BCUT2D eigenvalue weighted by molar-refractivity contribution is -0.00502. The minimum Gasteiger partial charge on any atom is -0.369 e. The summed E-state index contributed by atoms with van der Waals surface area (Å²) in [6.45, 7) is 0.917. The molecule has 0 saturated carbocycles. The molecule has 1 aliphatic heterocycles. The number of sulfonamides is 1. The fraction of sp³-hybridized carbons (Fsp3) is 0.455. The molecule has 1 N–H and O–H groups in total. The van der Waals surface area contributed by atoms with E-state index in [0.29, 0.717) is 13.2 Å². The van der Waals surface area contributed by atoms with Gasteiger partial charge in [0, 0.05) is 32.5 Å². The molecule has 3 heterocycles. The Bertz CT molecular complexity index is 679. The van der Waals surface area contributed by atoms with Crippen molar-refractivity contribution in [2.24, 2.45) is 7.05 Å². The zero-order valence-corrected chi connectivity index (χ0v) is 11.7. The van der Waals surface area contributed by atoms with Crippen molar-refractivity contribution >= 4 is 10.0 Å². The highest BCUT2D eigenvalue weighted by Crippen LogP contribution is 2.24. The first kappa shape index (κ1) is 13.3. The number of aromatic nitrogens is 4. The van der Waals surface area contributed by atoms with E-state index in [1.54, 1.807) is 23.9 Å². The van der Waals surface area contributed by atoms with Crippen molar-refractivity contribution in [2.45, 2.75) is 11.1 Å². The third-order valence-electron chi connectivity index (χ3n) is 3.18. The second kappa shape index (κ2) is 5.00. The van der Waals surface area contributed by atoms with Crippen molar-refractivity contribution in [1.82, 2.24) is 24.1 Å². The van der Waals surface area contributed by atoms with Crippen LogP contribution in [0.2, 0.25) is 0 Å². The average Bonchev–Trinajstić information content (AvgIpc) is 3.10. The van der Waals surface area contributed by atoms with E-state index in [9.17, 15) is 8.42 Å². The first-order valence-electron chi connectivity index (χ1n) is 6.16. The Balaban J connectivity index is 1.83. The number of nitrogens with one attached hydrogen (secondary N) is 1. The van der Waals surface area contributed by atoms with Crippen LogP contribution >= 0.6 is 0 Å². The summed E-state index contributed by atoms with van der Waals surface area (Å²) >= 11 is 0. The highest BCUT2D eigenvalue weighted by Gasteiger charge is 2.33. The van der Waals surface area contributed by atoms with E-state index in [0.717, 1.165) is 5.69 Å². The maximum absolute atomic E-state index is 12.5. The molecule has 0 radical (unpaired) electrons. The van der Waals surface area contributed by atoms with Gasteiger partial charge >= 0.3 is 0 Å². The topological polar surface area (TPSA) is 93.1 Å². The number of ether oxygens (including phenoxy) is 1. The SMILES string of the molecule is Cn1cnc(S(=O)(=O)N2CCOC(c3ccn[nH]3)C2)c1. The van der Waals surface area contributed by atoms with Crippen molar-refractivity contribution < 1.29 is 13.2 Å². The molecule has 1 atom stereocenters. The molecule has 0 aliphatic carbocycles. The summed E-state index contributed by atoms with van der Waals surface area (Å²) in [7, 11) is -1.84. The van der Waals surface area contributed by atoms with E-state index in [4.69, 9.17) is 4.74 Å². The molecule has 0 aromatic carbocycles. The quantitative estimate of drug-likeness (QED) is 0.854. The average molecular weight is 297 g/mol. The van der Waals surface area contributed by atoms with E-state index in [1.807, 2.05) is 0 Å². The zero-order valence-electron chi connectivity index (χ0n) is 10.9. The molecule has 3 rings (SSSR count). The lowest BCUT2D eigenvalue weighted by Crippen LogP contribution is -2.42. The Hall–Kier alpha value is -1.71. The van der Waals surface area contributed by atoms with Gasteiger partial charge in [0.2, 0.25) is 0 Å². The van der Waals surface area contributed by atoms with Crippen LogP contribution in [-0.4, -0.2) is 52.2 Å². The fourth-order valence-corrected chi connectivity index (χ4v) is 3.52. The van der Waals surface area contributed by atoms with E-state index in [2.05, 4.69) is 15.2 Å². The molecule has 1 fully saturated rings. The monoisotopic (exact) mass is 297 g/mol. The van der Waals surface area contributed by atoms with E-state index in [1.165, 1.54) is 16.8 Å². The minimum absolute atomic E-state index is 0.0604. The van der Waals surface area contributed by atoms with Gasteiger partial charge in [-0.1, -0.05) is 0 Å². The molecule has 8 nitrogen and oxygen atoms in total. The van der Waals surface area contributed by atoms with Crippen molar-refractivity contribution in [3.63, 3.8) is 0 Å². The summed E-state index contributed by atoms with van der Waals surface area (Å²) in [6.07, 6.45) is 4.25. The second-order valence-electron chi connectivity index (χ2n) is 4.61. The van der Waals surface area contributed by atoms with Gasteiger partial charge in [0.15, 0.2) is 5.03 Å². The van der Waals surface area contributed by atoms with Crippen molar-refractivity contribution in [3.05, 3.63) is 30.5 Å². The van der Waals surface area contributed by atoms with Gasteiger partial charge < -0.3 is 9.30 Å². The van der Waals surface area contributed by atoms with E-state index in [-0.39, 0.29) is 17.7 Å². The van der Waals surface area contributed by atoms with Crippen molar-refractivity contribution in [2.75, 3.05) is 19.7 Å².